The van der Waals surface area contributed by atoms with Gasteiger partial charge in [-0.2, -0.15) is 0 Å². The summed E-state index contributed by atoms with van der Waals surface area (Å²) in [5, 5.41) is 23.4. The van der Waals surface area contributed by atoms with Gasteiger partial charge in [0.2, 0.25) is 5.91 Å². The smallest absolute Gasteiger partial charge is 0.310 e. The lowest BCUT2D eigenvalue weighted by Gasteiger charge is -2.29. The first-order valence-electron chi connectivity index (χ1n) is 7.11. The highest BCUT2D eigenvalue weighted by molar-refractivity contribution is 5.97. The molecule has 1 aliphatic rings. The van der Waals surface area contributed by atoms with E-state index in [2.05, 4.69) is 5.32 Å². The molecule has 132 valence electrons. The van der Waals surface area contributed by atoms with Crippen molar-refractivity contribution in [3.05, 3.63) is 33.9 Å². The van der Waals surface area contributed by atoms with Crippen LogP contribution < -0.4 is 5.32 Å². The van der Waals surface area contributed by atoms with Crippen molar-refractivity contribution in [1.82, 2.24) is 15.1 Å². The van der Waals surface area contributed by atoms with Gasteiger partial charge in [0.1, 0.15) is 0 Å². The van der Waals surface area contributed by atoms with Gasteiger partial charge in [-0.1, -0.05) is 0 Å². The minimum absolute atomic E-state index is 0. The lowest BCUT2D eigenvalue weighted by molar-refractivity contribution is -0.385. The minimum Gasteiger partial charge on any atom is -0.502 e. The minimum atomic E-state index is -0.735. The third-order valence-electron chi connectivity index (χ3n) is 3.61. The number of phenolic OH excluding ortho intramolecular Hbond substituents is 1. The number of halogens is 1. The molecular formula is C14H19ClN4O5. The standard InChI is InChI=1S/C14H18N4O5.ClH/c1-16(9-13(20)17-6-4-15-5-7-17)14(21)10-2-3-11(18(22)23)12(19)8-10;/h2-3,8,15,19H,4-7,9H2,1H3;1H. The number of hydrogen-bond acceptors (Lipinski definition) is 6. The van der Waals surface area contributed by atoms with Gasteiger partial charge >= 0.3 is 5.69 Å². The molecule has 0 aromatic heterocycles. The largest absolute Gasteiger partial charge is 0.502 e. The van der Waals surface area contributed by atoms with Crippen molar-refractivity contribution in [3.8, 4) is 5.75 Å². The van der Waals surface area contributed by atoms with Crippen LogP contribution in [0.3, 0.4) is 0 Å². The van der Waals surface area contributed by atoms with Crippen LogP contribution in [0.4, 0.5) is 5.69 Å². The molecular weight excluding hydrogens is 340 g/mol. The first kappa shape index (κ1) is 19.7. The Morgan fingerprint density at radius 1 is 1.38 bits per heavy atom. The molecule has 24 heavy (non-hydrogen) atoms. The number of likely N-dealkylation sites (N-methyl/N-ethyl adjacent to an activating group) is 1. The zero-order valence-electron chi connectivity index (χ0n) is 13.1. The second kappa shape index (κ2) is 8.46. The summed E-state index contributed by atoms with van der Waals surface area (Å²) in [6.45, 7) is 2.55. The molecule has 9 nitrogen and oxygen atoms in total. The van der Waals surface area contributed by atoms with Gasteiger partial charge in [0.05, 0.1) is 11.5 Å². The Labute approximate surface area is 144 Å². The van der Waals surface area contributed by atoms with Crippen LogP contribution in [0, 0.1) is 10.1 Å². The normalized spacial score (nSPS) is 13.8. The molecule has 10 heteroatoms. The number of nitrogens with zero attached hydrogens (tertiary/aromatic N) is 3. The molecule has 0 bridgehead atoms. The molecule has 1 aromatic carbocycles. The third-order valence-corrected chi connectivity index (χ3v) is 3.61. The molecule has 0 unspecified atom stereocenters. The van der Waals surface area contributed by atoms with Gasteiger partial charge in [-0.25, -0.2) is 0 Å². The van der Waals surface area contributed by atoms with Gasteiger partial charge in [-0.05, 0) is 12.1 Å². The molecule has 2 rings (SSSR count). The number of benzene rings is 1. The van der Waals surface area contributed by atoms with Gasteiger partial charge in [0, 0.05) is 44.9 Å². The third kappa shape index (κ3) is 4.56. The summed E-state index contributed by atoms with van der Waals surface area (Å²) in [6.07, 6.45) is 0. The second-order valence-corrected chi connectivity index (χ2v) is 5.25. The number of piperazine rings is 1. The van der Waals surface area contributed by atoms with Crippen molar-refractivity contribution >= 4 is 29.9 Å². The maximum absolute atomic E-state index is 12.3. The Morgan fingerprint density at radius 2 is 2.00 bits per heavy atom. The van der Waals surface area contributed by atoms with E-state index in [-0.39, 0.29) is 30.4 Å². The molecule has 1 heterocycles. The van der Waals surface area contributed by atoms with Gasteiger partial charge in [-0.15, -0.1) is 12.4 Å². The number of carbonyl (C=O) groups is 2. The predicted molar refractivity (Wildman–Crippen MR) is 88.4 cm³/mol. The maximum atomic E-state index is 12.3. The summed E-state index contributed by atoms with van der Waals surface area (Å²) >= 11 is 0. The summed E-state index contributed by atoms with van der Waals surface area (Å²) in [6, 6.07) is 3.35. The van der Waals surface area contributed by atoms with Crippen LogP contribution in [-0.2, 0) is 4.79 Å². The average Bonchev–Trinajstić information content (AvgIpc) is 2.54. The molecule has 1 aliphatic heterocycles. The topological polar surface area (TPSA) is 116 Å². The van der Waals surface area contributed by atoms with E-state index in [9.17, 15) is 24.8 Å². The highest BCUT2D eigenvalue weighted by Gasteiger charge is 2.22. The fourth-order valence-corrected chi connectivity index (χ4v) is 2.32. The van der Waals surface area contributed by atoms with Crippen molar-refractivity contribution in [2.45, 2.75) is 0 Å². The van der Waals surface area contributed by atoms with Crippen LogP contribution in [0.1, 0.15) is 10.4 Å². The van der Waals surface area contributed by atoms with Crippen molar-refractivity contribution in [2.24, 2.45) is 0 Å². The van der Waals surface area contributed by atoms with Gasteiger partial charge < -0.3 is 20.2 Å². The summed E-state index contributed by atoms with van der Waals surface area (Å²) in [7, 11) is 1.47. The number of hydrogen-bond donors (Lipinski definition) is 2. The maximum Gasteiger partial charge on any atom is 0.310 e. The molecule has 0 saturated carbocycles. The molecule has 1 saturated heterocycles. The fourth-order valence-electron chi connectivity index (χ4n) is 2.32. The zero-order chi connectivity index (χ0) is 17.0. The fraction of sp³-hybridized carbons (Fsp3) is 0.429. The Kier molecular flexibility index (Phi) is 6.93. The van der Waals surface area contributed by atoms with Crippen LogP contribution in [0.2, 0.25) is 0 Å². The summed E-state index contributed by atoms with van der Waals surface area (Å²) in [5.74, 6) is -1.23. The van der Waals surface area contributed by atoms with E-state index in [4.69, 9.17) is 0 Å². The van der Waals surface area contributed by atoms with Crippen molar-refractivity contribution < 1.29 is 19.6 Å². The number of nitrogens with one attached hydrogen (secondary N) is 1. The number of carbonyl (C=O) groups excluding carboxylic acids is 2. The number of nitro groups is 1. The van der Waals surface area contributed by atoms with Crippen LogP contribution in [0.5, 0.6) is 5.75 Å². The van der Waals surface area contributed by atoms with Crippen LogP contribution in [0.15, 0.2) is 18.2 Å². The molecule has 0 atom stereocenters. The van der Waals surface area contributed by atoms with E-state index < -0.39 is 22.3 Å². The highest BCUT2D eigenvalue weighted by atomic mass is 35.5. The van der Waals surface area contributed by atoms with Crippen molar-refractivity contribution in [2.75, 3.05) is 39.8 Å². The molecule has 1 aromatic rings. The van der Waals surface area contributed by atoms with Crippen LogP contribution >= 0.6 is 12.4 Å². The quantitative estimate of drug-likeness (QED) is 0.587. The average molecular weight is 359 g/mol. The van der Waals surface area contributed by atoms with E-state index >= 15 is 0 Å². The summed E-state index contributed by atoms with van der Waals surface area (Å²) in [4.78, 5) is 37.2. The lowest BCUT2D eigenvalue weighted by Crippen LogP contribution is -2.49. The van der Waals surface area contributed by atoms with Crippen LogP contribution in [0.25, 0.3) is 0 Å². The molecule has 0 aliphatic carbocycles. The van der Waals surface area contributed by atoms with E-state index in [1.165, 1.54) is 18.0 Å². The van der Waals surface area contributed by atoms with E-state index in [0.29, 0.717) is 13.1 Å². The Balaban J connectivity index is 0.00000288. The molecule has 1 fully saturated rings. The highest BCUT2D eigenvalue weighted by Crippen LogP contribution is 2.26. The monoisotopic (exact) mass is 358 g/mol. The molecule has 0 radical (unpaired) electrons. The number of amides is 2. The lowest BCUT2D eigenvalue weighted by atomic mass is 10.1. The first-order valence-corrected chi connectivity index (χ1v) is 7.11. The van der Waals surface area contributed by atoms with E-state index in [1.54, 1.807) is 4.90 Å². The molecule has 2 amide bonds. The Bertz CT molecular complexity index is 634. The van der Waals surface area contributed by atoms with Crippen molar-refractivity contribution in [1.29, 1.82) is 0 Å². The Morgan fingerprint density at radius 3 is 2.54 bits per heavy atom. The Hall–Kier alpha value is -2.39. The predicted octanol–water partition coefficient (Wildman–Crippen LogP) is 0.226. The second-order valence-electron chi connectivity index (χ2n) is 5.25. The SMILES string of the molecule is CN(CC(=O)N1CCNCC1)C(=O)c1ccc([N+](=O)[O-])c(O)c1.Cl. The van der Waals surface area contributed by atoms with Gasteiger partial charge in [-0.3, -0.25) is 19.7 Å². The molecule has 2 N–H and O–H groups in total. The number of aromatic hydroxyl groups is 1. The summed E-state index contributed by atoms with van der Waals surface area (Å²) < 4.78 is 0. The first-order chi connectivity index (χ1) is 10.9. The summed E-state index contributed by atoms with van der Waals surface area (Å²) in [5.41, 5.74) is -0.384. The number of nitro benzene ring substituents is 1. The van der Waals surface area contributed by atoms with Gasteiger partial charge in [0.25, 0.3) is 5.91 Å². The van der Waals surface area contributed by atoms with E-state index in [1.807, 2.05) is 0 Å². The number of rotatable bonds is 4. The van der Waals surface area contributed by atoms with Crippen LogP contribution in [-0.4, -0.2) is 71.4 Å². The molecule has 0 spiro atoms. The number of phenols is 1. The van der Waals surface area contributed by atoms with Crippen molar-refractivity contribution in [3.63, 3.8) is 0 Å². The zero-order valence-corrected chi connectivity index (χ0v) is 13.9. The van der Waals surface area contributed by atoms with Gasteiger partial charge in [0.15, 0.2) is 5.75 Å². The van der Waals surface area contributed by atoms with E-state index in [0.717, 1.165) is 25.2 Å².